The molecule has 0 saturated carbocycles. The fourth-order valence-corrected chi connectivity index (χ4v) is 2.49. The van der Waals surface area contributed by atoms with Gasteiger partial charge in [-0.1, -0.05) is 5.92 Å². The first-order chi connectivity index (χ1) is 6.31. The van der Waals surface area contributed by atoms with Crippen LogP contribution in [0, 0.1) is 17.8 Å². The summed E-state index contributed by atoms with van der Waals surface area (Å²) in [4.78, 5) is 11.7. The standard InChI is InChI=1S/C11H15NO/c1-2-3-4-11(13)9-7-8-5-6-10(9)12-8/h8-10,12H,4-7H2,1H3. The maximum atomic E-state index is 11.7. The van der Waals surface area contributed by atoms with Crippen molar-refractivity contribution in [2.75, 3.05) is 0 Å². The third kappa shape index (κ3) is 1.62. The molecule has 2 fully saturated rings. The molecule has 70 valence electrons. The van der Waals surface area contributed by atoms with E-state index in [9.17, 15) is 4.79 Å². The first-order valence-corrected chi connectivity index (χ1v) is 4.99. The molecule has 0 aromatic rings. The molecule has 0 aliphatic carbocycles. The lowest BCUT2D eigenvalue weighted by Gasteiger charge is -2.17. The predicted octanol–water partition coefficient (Wildman–Crippen LogP) is 1.11. The summed E-state index contributed by atoms with van der Waals surface area (Å²) in [5, 5.41) is 3.47. The number of Topliss-reactive ketones (excluding diaryl/α,β-unsaturated/α-hetero) is 1. The summed E-state index contributed by atoms with van der Waals surface area (Å²) in [6, 6.07) is 1.09. The molecule has 2 heteroatoms. The second-order valence-electron chi connectivity index (χ2n) is 3.96. The molecular weight excluding hydrogens is 162 g/mol. The summed E-state index contributed by atoms with van der Waals surface area (Å²) < 4.78 is 0. The number of carbonyl (C=O) groups excluding carboxylic acids is 1. The van der Waals surface area contributed by atoms with Gasteiger partial charge >= 0.3 is 0 Å². The van der Waals surface area contributed by atoms with Gasteiger partial charge in [-0.2, -0.15) is 0 Å². The van der Waals surface area contributed by atoms with E-state index in [0.29, 0.717) is 24.3 Å². The molecule has 0 aromatic heterocycles. The van der Waals surface area contributed by atoms with E-state index in [1.54, 1.807) is 6.92 Å². The summed E-state index contributed by atoms with van der Waals surface area (Å²) in [6.07, 6.45) is 3.94. The molecular formula is C11H15NO. The van der Waals surface area contributed by atoms with Crippen LogP contribution in [-0.2, 0) is 4.79 Å². The molecule has 0 aromatic carbocycles. The average molecular weight is 177 g/mol. The Morgan fingerprint density at radius 1 is 1.54 bits per heavy atom. The zero-order valence-electron chi connectivity index (χ0n) is 7.97. The first kappa shape index (κ1) is 8.77. The van der Waals surface area contributed by atoms with Gasteiger partial charge in [0.25, 0.3) is 0 Å². The van der Waals surface area contributed by atoms with Gasteiger partial charge in [0.2, 0.25) is 0 Å². The van der Waals surface area contributed by atoms with Crippen molar-refractivity contribution in [2.24, 2.45) is 5.92 Å². The quantitative estimate of drug-likeness (QED) is 0.640. The highest BCUT2D eigenvalue weighted by Gasteiger charge is 2.41. The molecule has 3 atom stereocenters. The minimum absolute atomic E-state index is 0.264. The number of carbonyl (C=O) groups is 1. The van der Waals surface area contributed by atoms with Gasteiger partial charge in [-0.3, -0.25) is 4.79 Å². The van der Waals surface area contributed by atoms with Crippen LogP contribution in [0.2, 0.25) is 0 Å². The normalized spacial score (nSPS) is 35.6. The lowest BCUT2D eigenvalue weighted by Crippen LogP contribution is -2.28. The molecule has 2 bridgehead atoms. The summed E-state index contributed by atoms with van der Waals surface area (Å²) in [6.45, 7) is 1.78. The molecule has 0 spiro atoms. The molecule has 2 saturated heterocycles. The molecule has 2 rings (SSSR count). The Kier molecular flexibility index (Phi) is 2.37. The van der Waals surface area contributed by atoms with Crippen molar-refractivity contribution in [1.29, 1.82) is 0 Å². The van der Waals surface area contributed by atoms with Gasteiger partial charge in [0.05, 0.1) is 6.42 Å². The Balaban J connectivity index is 1.93. The van der Waals surface area contributed by atoms with Crippen molar-refractivity contribution in [2.45, 2.75) is 44.7 Å². The van der Waals surface area contributed by atoms with Crippen molar-refractivity contribution >= 4 is 5.78 Å². The number of nitrogens with one attached hydrogen (secondary N) is 1. The van der Waals surface area contributed by atoms with Crippen LogP contribution in [0.15, 0.2) is 0 Å². The van der Waals surface area contributed by atoms with Crippen molar-refractivity contribution in [3.05, 3.63) is 0 Å². The second-order valence-corrected chi connectivity index (χ2v) is 3.96. The van der Waals surface area contributed by atoms with Gasteiger partial charge in [-0.15, -0.1) is 5.92 Å². The van der Waals surface area contributed by atoms with Crippen molar-refractivity contribution < 1.29 is 4.79 Å². The molecule has 1 N–H and O–H groups in total. The zero-order valence-corrected chi connectivity index (χ0v) is 7.97. The lowest BCUT2D eigenvalue weighted by molar-refractivity contribution is -0.122. The highest BCUT2D eigenvalue weighted by Crippen LogP contribution is 2.34. The summed E-state index contributed by atoms with van der Waals surface area (Å²) in [5.41, 5.74) is 0. The van der Waals surface area contributed by atoms with Crippen molar-refractivity contribution in [3.8, 4) is 11.8 Å². The molecule has 13 heavy (non-hydrogen) atoms. The fraction of sp³-hybridized carbons (Fsp3) is 0.727. The van der Waals surface area contributed by atoms with Crippen LogP contribution in [0.4, 0.5) is 0 Å². The smallest absolute Gasteiger partial charge is 0.149 e. The molecule has 3 unspecified atom stereocenters. The molecule has 2 heterocycles. The number of hydrogen-bond acceptors (Lipinski definition) is 2. The van der Waals surface area contributed by atoms with Gasteiger partial charge < -0.3 is 5.32 Å². The highest BCUT2D eigenvalue weighted by molar-refractivity contribution is 5.84. The van der Waals surface area contributed by atoms with E-state index in [4.69, 9.17) is 0 Å². The second kappa shape index (κ2) is 3.51. The van der Waals surface area contributed by atoms with E-state index in [0.717, 1.165) is 6.42 Å². The molecule has 2 nitrogen and oxygen atoms in total. The Bertz CT molecular complexity index is 274. The molecule has 0 amide bonds. The maximum absolute atomic E-state index is 11.7. The molecule has 2 aliphatic heterocycles. The minimum Gasteiger partial charge on any atom is -0.310 e. The van der Waals surface area contributed by atoms with Crippen molar-refractivity contribution in [1.82, 2.24) is 5.32 Å². The van der Waals surface area contributed by atoms with Crippen LogP contribution >= 0.6 is 0 Å². The van der Waals surface area contributed by atoms with Gasteiger partial charge in [-0.05, 0) is 26.2 Å². The third-order valence-corrected chi connectivity index (χ3v) is 3.15. The minimum atomic E-state index is 0.264. The Morgan fingerprint density at radius 2 is 2.38 bits per heavy atom. The van der Waals surface area contributed by atoms with Crippen LogP contribution in [0.1, 0.15) is 32.6 Å². The van der Waals surface area contributed by atoms with Gasteiger partial charge in [0.1, 0.15) is 5.78 Å². The Hall–Kier alpha value is -0.810. The lowest BCUT2D eigenvalue weighted by atomic mass is 9.85. The predicted molar refractivity (Wildman–Crippen MR) is 51.1 cm³/mol. The van der Waals surface area contributed by atoms with Gasteiger partial charge in [-0.25, -0.2) is 0 Å². The van der Waals surface area contributed by atoms with Gasteiger partial charge in [0.15, 0.2) is 0 Å². The maximum Gasteiger partial charge on any atom is 0.149 e. The number of rotatable bonds is 2. The van der Waals surface area contributed by atoms with E-state index in [1.165, 1.54) is 12.8 Å². The van der Waals surface area contributed by atoms with Crippen LogP contribution < -0.4 is 5.32 Å². The number of fused-ring (bicyclic) bond motifs is 2. The van der Waals surface area contributed by atoms with Crippen LogP contribution in [0.3, 0.4) is 0 Å². The largest absolute Gasteiger partial charge is 0.310 e. The van der Waals surface area contributed by atoms with Crippen LogP contribution in [0.5, 0.6) is 0 Å². The Morgan fingerprint density at radius 3 is 2.92 bits per heavy atom. The zero-order chi connectivity index (χ0) is 9.26. The fourth-order valence-electron chi connectivity index (χ4n) is 2.49. The molecule has 0 radical (unpaired) electrons. The summed E-state index contributed by atoms with van der Waals surface area (Å²) >= 11 is 0. The first-order valence-electron chi connectivity index (χ1n) is 4.99. The summed E-state index contributed by atoms with van der Waals surface area (Å²) in [5.74, 6) is 6.24. The monoisotopic (exact) mass is 177 g/mol. The van der Waals surface area contributed by atoms with Crippen LogP contribution in [-0.4, -0.2) is 17.9 Å². The number of ketones is 1. The van der Waals surface area contributed by atoms with E-state index in [1.807, 2.05) is 0 Å². The van der Waals surface area contributed by atoms with Crippen LogP contribution in [0.25, 0.3) is 0 Å². The van der Waals surface area contributed by atoms with E-state index in [2.05, 4.69) is 17.2 Å². The van der Waals surface area contributed by atoms with Gasteiger partial charge in [0, 0.05) is 18.0 Å². The van der Waals surface area contributed by atoms with E-state index in [-0.39, 0.29) is 5.92 Å². The highest BCUT2D eigenvalue weighted by atomic mass is 16.1. The van der Waals surface area contributed by atoms with Crippen molar-refractivity contribution in [3.63, 3.8) is 0 Å². The SMILES string of the molecule is CC#CCC(=O)C1CC2CCC1N2. The average Bonchev–Trinajstić information content (AvgIpc) is 2.74. The Labute approximate surface area is 79.1 Å². The third-order valence-electron chi connectivity index (χ3n) is 3.15. The molecule has 2 aliphatic rings. The summed E-state index contributed by atoms with van der Waals surface area (Å²) in [7, 11) is 0. The number of hydrogen-bond donors (Lipinski definition) is 1. The van der Waals surface area contributed by atoms with E-state index >= 15 is 0 Å². The topological polar surface area (TPSA) is 29.1 Å². The van der Waals surface area contributed by atoms with E-state index < -0.39 is 0 Å².